The molecular weight excluding hydrogens is 258 g/mol. The first kappa shape index (κ1) is 14.6. The highest BCUT2D eigenvalue weighted by molar-refractivity contribution is 5.85. The van der Waals surface area contributed by atoms with Crippen LogP contribution >= 0.6 is 0 Å². The van der Waals surface area contributed by atoms with Crippen LogP contribution in [0.25, 0.3) is 0 Å². The number of aliphatic carboxylic acids is 1. The summed E-state index contributed by atoms with van der Waals surface area (Å²) >= 11 is 0. The van der Waals surface area contributed by atoms with Crippen molar-refractivity contribution >= 4 is 11.9 Å². The monoisotopic (exact) mass is 279 g/mol. The van der Waals surface area contributed by atoms with Crippen molar-refractivity contribution in [3.8, 4) is 0 Å². The van der Waals surface area contributed by atoms with Gasteiger partial charge >= 0.3 is 5.97 Å². The molecule has 0 radical (unpaired) electrons. The standard InChI is InChI=1S/C14H21N3O3/c1-10-11(9-16-17(10)2)8-15-12(18)7-14(13(19)20)5-3-4-6-14/h9H,3-8H2,1-2H3,(H,15,18)(H,19,20). The fraction of sp³-hybridized carbons (Fsp3) is 0.643. The van der Waals surface area contributed by atoms with E-state index in [2.05, 4.69) is 10.4 Å². The third kappa shape index (κ3) is 2.84. The van der Waals surface area contributed by atoms with Crippen molar-refractivity contribution in [3.63, 3.8) is 0 Å². The Balaban J connectivity index is 1.92. The summed E-state index contributed by atoms with van der Waals surface area (Å²) in [4.78, 5) is 23.4. The smallest absolute Gasteiger partial charge is 0.310 e. The number of aryl methyl sites for hydroxylation is 1. The molecule has 20 heavy (non-hydrogen) atoms. The molecule has 1 aliphatic rings. The molecule has 2 N–H and O–H groups in total. The van der Waals surface area contributed by atoms with E-state index in [9.17, 15) is 14.7 Å². The van der Waals surface area contributed by atoms with Crippen LogP contribution < -0.4 is 5.32 Å². The maximum atomic E-state index is 12.0. The molecule has 0 atom stereocenters. The Labute approximate surface area is 118 Å². The van der Waals surface area contributed by atoms with E-state index in [0.29, 0.717) is 19.4 Å². The van der Waals surface area contributed by atoms with Crippen molar-refractivity contribution in [3.05, 3.63) is 17.5 Å². The second kappa shape index (κ2) is 5.64. The lowest BCUT2D eigenvalue weighted by Crippen LogP contribution is -2.35. The van der Waals surface area contributed by atoms with Crippen LogP contribution in [0.4, 0.5) is 0 Å². The van der Waals surface area contributed by atoms with Crippen molar-refractivity contribution < 1.29 is 14.7 Å². The van der Waals surface area contributed by atoms with Crippen LogP contribution in [0.1, 0.15) is 43.4 Å². The fourth-order valence-corrected chi connectivity index (χ4v) is 2.80. The molecular formula is C14H21N3O3. The first-order valence-corrected chi connectivity index (χ1v) is 6.92. The van der Waals surface area contributed by atoms with Crippen LogP contribution in [0.5, 0.6) is 0 Å². The molecule has 0 unspecified atom stereocenters. The number of carboxylic acid groups (broad SMARTS) is 1. The van der Waals surface area contributed by atoms with Crippen molar-refractivity contribution in [2.24, 2.45) is 12.5 Å². The van der Waals surface area contributed by atoms with Gasteiger partial charge in [0, 0.05) is 31.3 Å². The Morgan fingerprint density at radius 2 is 2.10 bits per heavy atom. The number of nitrogens with one attached hydrogen (secondary N) is 1. The number of hydrogen-bond acceptors (Lipinski definition) is 3. The molecule has 0 saturated heterocycles. The van der Waals surface area contributed by atoms with Gasteiger partial charge in [0.2, 0.25) is 5.91 Å². The predicted molar refractivity (Wildman–Crippen MR) is 72.9 cm³/mol. The van der Waals surface area contributed by atoms with E-state index >= 15 is 0 Å². The van der Waals surface area contributed by atoms with Crippen LogP contribution in [0, 0.1) is 12.3 Å². The van der Waals surface area contributed by atoms with Crippen LogP contribution in [0.3, 0.4) is 0 Å². The summed E-state index contributed by atoms with van der Waals surface area (Å²) in [5, 5.41) is 16.3. The lowest BCUT2D eigenvalue weighted by atomic mass is 9.82. The Hall–Kier alpha value is -1.85. The van der Waals surface area contributed by atoms with Gasteiger partial charge in [-0.2, -0.15) is 5.10 Å². The fourth-order valence-electron chi connectivity index (χ4n) is 2.80. The minimum atomic E-state index is -0.853. The lowest BCUT2D eigenvalue weighted by Gasteiger charge is -2.22. The molecule has 1 amide bonds. The number of carboxylic acids is 1. The van der Waals surface area contributed by atoms with Crippen molar-refractivity contribution in [1.29, 1.82) is 0 Å². The van der Waals surface area contributed by atoms with Crippen LogP contribution in [-0.2, 0) is 23.2 Å². The summed E-state index contributed by atoms with van der Waals surface area (Å²) in [6.45, 7) is 2.33. The zero-order valence-corrected chi connectivity index (χ0v) is 12.0. The maximum Gasteiger partial charge on any atom is 0.310 e. The largest absolute Gasteiger partial charge is 0.481 e. The van der Waals surface area contributed by atoms with Gasteiger partial charge in [-0.15, -0.1) is 0 Å². The first-order valence-electron chi connectivity index (χ1n) is 6.92. The molecule has 2 rings (SSSR count). The van der Waals surface area contributed by atoms with E-state index in [1.165, 1.54) is 0 Å². The van der Waals surface area contributed by atoms with E-state index in [-0.39, 0.29) is 12.3 Å². The highest BCUT2D eigenvalue weighted by atomic mass is 16.4. The summed E-state index contributed by atoms with van der Waals surface area (Å²) in [6, 6.07) is 0. The molecule has 6 heteroatoms. The van der Waals surface area contributed by atoms with Crippen molar-refractivity contribution in [2.75, 3.05) is 0 Å². The highest BCUT2D eigenvalue weighted by Gasteiger charge is 2.42. The number of nitrogens with zero attached hydrogens (tertiary/aromatic N) is 2. The van der Waals surface area contributed by atoms with Gasteiger partial charge in [-0.3, -0.25) is 14.3 Å². The summed E-state index contributed by atoms with van der Waals surface area (Å²) in [7, 11) is 1.85. The molecule has 1 aromatic heterocycles. The van der Waals surface area contributed by atoms with Gasteiger partial charge in [0.05, 0.1) is 11.6 Å². The van der Waals surface area contributed by atoms with E-state index in [1.807, 2.05) is 14.0 Å². The molecule has 1 saturated carbocycles. The lowest BCUT2D eigenvalue weighted by molar-refractivity contribution is -0.151. The third-order valence-corrected chi connectivity index (χ3v) is 4.33. The van der Waals surface area contributed by atoms with Crippen LogP contribution in [0.15, 0.2) is 6.20 Å². The molecule has 0 spiro atoms. The van der Waals surface area contributed by atoms with Crippen molar-refractivity contribution in [1.82, 2.24) is 15.1 Å². The Kier molecular flexibility index (Phi) is 4.11. The van der Waals surface area contributed by atoms with Gasteiger partial charge in [0.1, 0.15) is 0 Å². The second-order valence-electron chi connectivity index (χ2n) is 5.62. The number of rotatable bonds is 5. The van der Waals surface area contributed by atoms with E-state index in [1.54, 1.807) is 10.9 Å². The zero-order chi connectivity index (χ0) is 14.8. The average Bonchev–Trinajstić information content (AvgIpc) is 2.98. The van der Waals surface area contributed by atoms with E-state index < -0.39 is 11.4 Å². The molecule has 1 aromatic rings. The second-order valence-corrected chi connectivity index (χ2v) is 5.62. The molecule has 110 valence electrons. The number of carbonyl (C=O) groups is 2. The normalized spacial score (nSPS) is 17.1. The molecule has 1 aliphatic carbocycles. The summed E-state index contributed by atoms with van der Waals surface area (Å²) < 4.78 is 1.75. The Morgan fingerprint density at radius 3 is 2.60 bits per heavy atom. The van der Waals surface area contributed by atoms with Gasteiger partial charge < -0.3 is 10.4 Å². The Morgan fingerprint density at radius 1 is 1.45 bits per heavy atom. The molecule has 1 heterocycles. The summed E-state index contributed by atoms with van der Waals surface area (Å²) in [5.41, 5.74) is 1.10. The number of hydrogen-bond donors (Lipinski definition) is 2. The predicted octanol–water partition coefficient (Wildman–Crippen LogP) is 1.38. The van der Waals surface area contributed by atoms with Crippen molar-refractivity contribution in [2.45, 2.75) is 45.6 Å². The molecule has 0 bridgehead atoms. The minimum absolute atomic E-state index is 0.0711. The topological polar surface area (TPSA) is 84.2 Å². The third-order valence-electron chi connectivity index (χ3n) is 4.33. The minimum Gasteiger partial charge on any atom is -0.481 e. The molecule has 0 aliphatic heterocycles. The summed E-state index contributed by atoms with van der Waals surface area (Å²) in [5.74, 6) is -1.04. The van der Waals surface area contributed by atoms with Gasteiger partial charge in [-0.05, 0) is 19.8 Å². The SMILES string of the molecule is Cc1c(CNC(=O)CC2(C(=O)O)CCCC2)cnn1C. The van der Waals surface area contributed by atoms with Gasteiger partial charge in [-0.1, -0.05) is 12.8 Å². The average molecular weight is 279 g/mol. The maximum absolute atomic E-state index is 12.0. The molecule has 6 nitrogen and oxygen atoms in total. The van der Waals surface area contributed by atoms with Gasteiger partial charge in [0.15, 0.2) is 0 Å². The summed E-state index contributed by atoms with van der Waals surface area (Å²) in [6.07, 6.45) is 4.77. The number of carbonyl (C=O) groups excluding carboxylic acids is 1. The number of aromatic nitrogens is 2. The molecule has 1 fully saturated rings. The quantitative estimate of drug-likeness (QED) is 0.852. The van der Waals surface area contributed by atoms with Gasteiger partial charge in [0.25, 0.3) is 0 Å². The van der Waals surface area contributed by atoms with Crippen LogP contribution in [-0.4, -0.2) is 26.8 Å². The number of amides is 1. The van der Waals surface area contributed by atoms with Gasteiger partial charge in [-0.25, -0.2) is 0 Å². The zero-order valence-electron chi connectivity index (χ0n) is 12.0. The van der Waals surface area contributed by atoms with E-state index in [4.69, 9.17) is 0 Å². The van der Waals surface area contributed by atoms with E-state index in [0.717, 1.165) is 24.1 Å². The Bertz CT molecular complexity index is 516. The highest BCUT2D eigenvalue weighted by Crippen LogP contribution is 2.41. The first-order chi connectivity index (χ1) is 9.44. The van der Waals surface area contributed by atoms with Crippen LogP contribution in [0.2, 0.25) is 0 Å². The molecule has 0 aromatic carbocycles.